The number of rotatable bonds is 3. The van der Waals surface area contributed by atoms with Gasteiger partial charge >= 0.3 is 6.09 Å². The van der Waals surface area contributed by atoms with Crippen molar-refractivity contribution in [2.24, 2.45) is 0 Å². The molecule has 2 rings (SSSR count). The maximum Gasteiger partial charge on any atom is 0.410 e. The van der Waals surface area contributed by atoms with Gasteiger partial charge in [-0.2, -0.15) is 0 Å². The number of pyridine rings is 1. The second kappa shape index (κ2) is 6.20. The van der Waals surface area contributed by atoms with Crippen LogP contribution in [0.3, 0.4) is 0 Å². The van der Waals surface area contributed by atoms with Crippen molar-refractivity contribution in [3.63, 3.8) is 0 Å². The van der Waals surface area contributed by atoms with Crippen LogP contribution in [0, 0.1) is 0 Å². The van der Waals surface area contributed by atoms with Gasteiger partial charge in [0, 0.05) is 19.0 Å². The molecule has 6 nitrogen and oxygen atoms in total. The van der Waals surface area contributed by atoms with Gasteiger partial charge in [-0.05, 0) is 26.8 Å². The summed E-state index contributed by atoms with van der Waals surface area (Å²) in [6.45, 7) is 6.75. The highest BCUT2D eigenvalue weighted by Gasteiger charge is 2.30. The van der Waals surface area contributed by atoms with Gasteiger partial charge in [0.1, 0.15) is 17.5 Å². The van der Waals surface area contributed by atoms with Crippen molar-refractivity contribution in [1.29, 1.82) is 0 Å². The lowest BCUT2D eigenvalue weighted by Gasteiger charge is -2.24. The Bertz CT molecular complexity index is 481. The van der Waals surface area contributed by atoms with E-state index < -0.39 is 5.60 Å². The molecule has 0 aromatic carbocycles. The number of aromatic nitrogens is 1. The number of carbonyl (C=O) groups excluding carboxylic acids is 1. The maximum atomic E-state index is 12.0. The Balaban J connectivity index is 1.86. The van der Waals surface area contributed by atoms with Crippen molar-refractivity contribution >= 4 is 6.09 Å². The van der Waals surface area contributed by atoms with Gasteiger partial charge in [0.15, 0.2) is 0 Å². The number of ether oxygens (including phenoxy) is 3. The van der Waals surface area contributed by atoms with Crippen LogP contribution in [-0.4, -0.2) is 47.9 Å². The highest BCUT2D eigenvalue weighted by molar-refractivity contribution is 5.68. The molecular formula is C15H22N2O4. The molecule has 6 heteroatoms. The largest absolute Gasteiger partial charge is 0.487 e. The van der Waals surface area contributed by atoms with Crippen LogP contribution >= 0.6 is 0 Å². The lowest BCUT2D eigenvalue weighted by atomic mass is 10.2. The summed E-state index contributed by atoms with van der Waals surface area (Å²) < 4.78 is 16.2. The predicted molar refractivity (Wildman–Crippen MR) is 77.6 cm³/mol. The fourth-order valence-corrected chi connectivity index (χ4v) is 2.07. The Morgan fingerprint density at radius 2 is 2.14 bits per heavy atom. The van der Waals surface area contributed by atoms with Crippen LogP contribution < -0.4 is 9.47 Å². The summed E-state index contributed by atoms with van der Waals surface area (Å²) in [6, 6.07) is 3.55. The summed E-state index contributed by atoms with van der Waals surface area (Å²) >= 11 is 0. The summed E-state index contributed by atoms with van der Waals surface area (Å²) in [7, 11) is 1.57. The zero-order chi connectivity index (χ0) is 15.5. The fraction of sp³-hybridized carbons (Fsp3) is 0.600. The van der Waals surface area contributed by atoms with Crippen molar-refractivity contribution < 1.29 is 19.0 Å². The molecule has 1 aromatic heterocycles. The Hall–Kier alpha value is -1.98. The number of methoxy groups -OCH3 is 1. The summed E-state index contributed by atoms with van der Waals surface area (Å²) in [4.78, 5) is 17.7. The molecule has 0 aliphatic carbocycles. The van der Waals surface area contributed by atoms with E-state index in [-0.39, 0.29) is 12.2 Å². The van der Waals surface area contributed by atoms with Crippen molar-refractivity contribution in [1.82, 2.24) is 9.88 Å². The molecular weight excluding hydrogens is 272 g/mol. The zero-order valence-corrected chi connectivity index (χ0v) is 13.0. The smallest absolute Gasteiger partial charge is 0.410 e. The lowest BCUT2D eigenvalue weighted by Crippen LogP contribution is -2.36. The zero-order valence-electron chi connectivity index (χ0n) is 13.0. The average molecular weight is 294 g/mol. The van der Waals surface area contributed by atoms with E-state index in [1.54, 1.807) is 24.3 Å². The molecule has 0 unspecified atom stereocenters. The topological polar surface area (TPSA) is 60.9 Å². The molecule has 1 fully saturated rings. The molecule has 1 aliphatic heterocycles. The quantitative estimate of drug-likeness (QED) is 0.857. The van der Waals surface area contributed by atoms with E-state index in [0.29, 0.717) is 24.7 Å². The highest BCUT2D eigenvalue weighted by atomic mass is 16.6. The standard InChI is InChI=1S/C15H22N2O4/c1-15(2,3)21-14(18)17-8-7-12(10-17)20-11-5-6-13(19-4)16-9-11/h5-6,9,12H,7-8,10H2,1-4H3/t12-/m0/s1. The molecule has 1 aromatic rings. The summed E-state index contributed by atoms with van der Waals surface area (Å²) in [5, 5.41) is 0. The van der Waals surface area contributed by atoms with E-state index in [9.17, 15) is 4.79 Å². The summed E-state index contributed by atoms with van der Waals surface area (Å²) in [6.07, 6.45) is 2.08. The van der Waals surface area contributed by atoms with Crippen LogP contribution in [0.4, 0.5) is 4.79 Å². The third-order valence-corrected chi connectivity index (χ3v) is 3.02. The number of amides is 1. The van der Waals surface area contributed by atoms with Crippen molar-refractivity contribution in [2.45, 2.75) is 38.9 Å². The fourth-order valence-electron chi connectivity index (χ4n) is 2.07. The SMILES string of the molecule is COc1ccc(O[C@H]2CCN(C(=O)OC(C)(C)C)C2)cn1. The van der Waals surface area contributed by atoms with Gasteiger partial charge in [0.05, 0.1) is 19.9 Å². The van der Waals surface area contributed by atoms with E-state index >= 15 is 0 Å². The van der Waals surface area contributed by atoms with Crippen LogP contribution in [0.25, 0.3) is 0 Å². The van der Waals surface area contributed by atoms with Gasteiger partial charge in [-0.15, -0.1) is 0 Å². The molecule has 1 amide bonds. The van der Waals surface area contributed by atoms with Gasteiger partial charge < -0.3 is 19.1 Å². The normalized spacial score (nSPS) is 18.5. The van der Waals surface area contributed by atoms with E-state index in [0.717, 1.165) is 6.42 Å². The van der Waals surface area contributed by atoms with E-state index in [1.807, 2.05) is 26.8 Å². The molecule has 0 radical (unpaired) electrons. The van der Waals surface area contributed by atoms with Gasteiger partial charge in [0.2, 0.25) is 5.88 Å². The number of carbonyl (C=O) groups is 1. The molecule has 0 N–H and O–H groups in total. The van der Waals surface area contributed by atoms with Gasteiger partial charge in [-0.1, -0.05) is 0 Å². The predicted octanol–water partition coefficient (Wildman–Crippen LogP) is 2.48. The second-order valence-electron chi connectivity index (χ2n) is 5.99. The molecule has 21 heavy (non-hydrogen) atoms. The number of nitrogens with zero attached hydrogens (tertiary/aromatic N) is 2. The van der Waals surface area contributed by atoms with E-state index in [4.69, 9.17) is 14.2 Å². The Kier molecular flexibility index (Phi) is 4.55. The first-order chi connectivity index (χ1) is 9.87. The minimum Gasteiger partial charge on any atom is -0.487 e. The number of likely N-dealkylation sites (tertiary alicyclic amines) is 1. The maximum absolute atomic E-state index is 12.0. The Morgan fingerprint density at radius 1 is 1.38 bits per heavy atom. The first-order valence-electron chi connectivity index (χ1n) is 7.02. The number of hydrogen-bond acceptors (Lipinski definition) is 5. The van der Waals surface area contributed by atoms with Crippen LogP contribution in [0.2, 0.25) is 0 Å². The molecule has 1 aliphatic rings. The monoisotopic (exact) mass is 294 g/mol. The van der Waals surface area contributed by atoms with E-state index in [1.165, 1.54) is 0 Å². The molecule has 116 valence electrons. The van der Waals surface area contributed by atoms with Crippen LogP contribution in [0.5, 0.6) is 11.6 Å². The summed E-state index contributed by atoms with van der Waals surface area (Å²) in [5.74, 6) is 1.22. The van der Waals surface area contributed by atoms with Gasteiger partial charge in [-0.25, -0.2) is 9.78 Å². The second-order valence-corrected chi connectivity index (χ2v) is 5.99. The highest BCUT2D eigenvalue weighted by Crippen LogP contribution is 2.21. The Labute approximate surface area is 125 Å². The molecule has 0 bridgehead atoms. The molecule has 0 saturated carbocycles. The average Bonchev–Trinajstić information content (AvgIpc) is 2.86. The van der Waals surface area contributed by atoms with Gasteiger partial charge in [0.25, 0.3) is 0 Å². The Morgan fingerprint density at radius 3 is 2.71 bits per heavy atom. The molecule has 0 spiro atoms. The van der Waals surface area contributed by atoms with Crippen molar-refractivity contribution in [3.05, 3.63) is 18.3 Å². The molecule has 2 heterocycles. The summed E-state index contributed by atoms with van der Waals surface area (Å²) in [5.41, 5.74) is -0.476. The van der Waals surface area contributed by atoms with Crippen LogP contribution in [0.15, 0.2) is 18.3 Å². The number of hydrogen-bond donors (Lipinski definition) is 0. The first-order valence-corrected chi connectivity index (χ1v) is 7.02. The van der Waals surface area contributed by atoms with Crippen LogP contribution in [-0.2, 0) is 4.74 Å². The van der Waals surface area contributed by atoms with Crippen molar-refractivity contribution in [2.75, 3.05) is 20.2 Å². The third kappa shape index (κ3) is 4.51. The lowest BCUT2D eigenvalue weighted by molar-refractivity contribution is 0.0275. The first kappa shape index (κ1) is 15.4. The van der Waals surface area contributed by atoms with Crippen molar-refractivity contribution in [3.8, 4) is 11.6 Å². The van der Waals surface area contributed by atoms with E-state index in [2.05, 4.69) is 4.98 Å². The van der Waals surface area contributed by atoms with Gasteiger partial charge in [-0.3, -0.25) is 0 Å². The minimum atomic E-state index is -0.476. The minimum absolute atomic E-state index is 0.0345. The molecule has 1 atom stereocenters. The molecule has 1 saturated heterocycles. The van der Waals surface area contributed by atoms with Crippen LogP contribution in [0.1, 0.15) is 27.2 Å². The third-order valence-electron chi connectivity index (χ3n) is 3.02.